The average Bonchev–Trinajstić information content (AvgIpc) is 2.62. The second-order valence-electron chi connectivity index (χ2n) is 5.52. The van der Waals surface area contributed by atoms with Crippen LogP contribution in [0.4, 0.5) is 11.4 Å². The number of nitro groups is 1. The van der Waals surface area contributed by atoms with E-state index in [0.717, 1.165) is 5.39 Å². The lowest BCUT2D eigenvalue weighted by Gasteiger charge is -2.12. The molecule has 1 aromatic heterocycles. The van der Waals surface area contributed by atoms with E-state index in [1.807, 2.05) is 36.4 Å². The van der Waals surface area contributed by atoms with Crippen LogP contribution in [0.2, 0.25) is 0 Å². The molecule has 4 rings (SSSR count). The highest BCUT2D eigenvalue weighted by molar-refractivity contribution is 6.11. The molecule has 0 spiro atoms. The van der Waals surface area contributed by atoms with Gasteiger partial charge in [0.25, 0.3) is 5.69 Å². The predicted octanol–water partition coefficient (Wildman–Crippen LogP) is 4.67. The molecule has 0 saturated carbocycles. The molecule has 0 aliphatic carbocycles. The molecule has 0 unspecified atom stereocenters. The number of nitrogen functional groups attached to an aromatic ring is 1. The number of nitrogens with two attached hydrogens (primary N) is 1. The van der Waals surface area contributed by atoms with Gasteiger partial charge in [0, 0.05) is 11.5 Å². The van der Waals surface area contributed by atoms with Crippen molar-refractivity contribution in [1.82, 2.24) is 4.98 Å². The average molecular weight is 331 g/mol. The van der Waals surface area contributed by atoms with Crippen LogP contribution in [0.3, 0.4) is 0 Å². The van der Waals surface area contributed by atoms with Gasteiger partial charge >= 0.3 is 0 Å². The Bertz CT molecular complexity index is 1110. The monoisotopic (exact) mass is 331 g/mol. The number of aromatic nitrogens is 1. The number of rotatable bonds is 3. The zero-order valence-corrected chi connectivity index (χ0v) is 13.0. The minimum atomic E-state index is -0.462. The van der Waals surface area contributed by atoms with E-state index in [0.29, 0.717) is 28.1 Å². The molecule has 1 heterocycles. The summed E-state index contributed by atoms with van der Waals surface area (Å²) in [6.07, 6.45) is 0. The van der Waals surface area contributed by atoms with E-state index in [1.54, 1.807) is 24.3 Å². The quantitative estimate of drug-likeness (QED) is 0.334. The van der Waals surface area contributed by atoms with E-state index in [-0.39, 0.29) is 11.2 Å². The summed E-state index contributed by atoms with van der Waals surface area (Å²) >= 11 is 0. The number of hydrogen-bond acceptors (Lipinski definition) is 5. The van der Waals surface area contributed by atoms with Crippen molar-refractivity contribution in [3.8, 4) is 11.5 Å². The fourth-order valence-corrected chi connectivity index (χ4v) is 2.84. The summed E-state index contributed by atoms with van der Waals surface area (Å²) in [5.41, 5.74) is 7.47. The number of fused-ring (bicyclic) bond motifs is 2. The van der Waals surface area contributed by atoms with Crippen LogP contribution in [0.25, 0.3) is 21.8 Å². The number of benzene rings is 3. The summed E-state index contributed by atoms with van der Waals surface area (Å²) in [6, 6.07) is 19.4. The second kappa shape index (κ2) is 5.76. The Morgan fingerprint density at radius 1 is 0.960 bits per heavy atom. The van der Waals surface area contributed by atoms with Crippen LogP contribution in [-0.2, 0) is 0 Å². The minimum absolute atomic E-state index is 0.104. The molecule has 3 aromatic carbocycles. The maximum absolute atomic E-state index is 11.4. The van der Waals surface area contributed by atoms with Crippen molar-refractivity contribution < 1.29 is 9.66 Å². The van der Waals surface area contributed by atoms with Crippen LogP contribution in [0.1, 0.15) is 0 Å². The van der Waals surface area contributed by atoms with E-state index in [9.17, 15) is 10.1 Å². The largest absolute Gasteiger partial charge is 0.457 e. The van der Waals surface area contributed by atoms with Gasteiger partial charge in [-0.15, -0.1) is 0 Å². The van der Waals surface area contributed by atoms with Crippen LogP contribution >= 0.6 is 0 Å². The van der Waals surface area contributed by atoms with Crippen LogP contribution in [0.5, 0.6) is 11.5 Å². The Labute approximate surface area is 142 Å². The van der Waals surface area contributed by atoms with Gasteiger partial charge in [-0.1, -0.05) is 36.4 Å². The van der Waals surface area contributed by atoms with Gasteiger partial charge in [-0.25, -0.2) is 4.98 Å². The van der Waals surface area contributed by atoms with Crippen LogP contribution in [0, 0.1) is 10.1 Å². The first-order chi connectivity index (χ1) is 12.1. The van der Waals surface area contributed by atoms with Gasteiger partial charge < -0.3 is 10.5 Å². The molecule has 0 aliphatic heterocycles. The molecule has 122 valence electrons. The third-order valence-corrected chi connectivity index (χ3v) is 3.98. The molecule has 6 heteroatoms. The Morgan fingerprint density at radius 2 is 1.68 bits per heavy atom. The van der Waals surface area contributed by atoms with Crippen LogP contribution in [-0.4, -0.2) is 9.91 Å². The number of ether oxygens (including phenoxy) is 1. The third-order valence-electron chi connectivity index (χ3n) is 3.98. The van der Waals surface area contributed by atoms with E-state index in [4.69, 9.17) is 10.5 Å². The maximum Gasteiger partial charge on any atom is 0.295 e. The normalized spacial score (nSPS) is 10.9. The van der Waals surface area contributed by atoms with Crippen molar-refractivity contribution >= 4 is 33.2 Å². The number of anilines is 1. The van der Waals surface area contributed by atoms with E-state index >= 15 is 0 Å². The van der Waals surface area contributed by atoms with Gasteiger partial charge in [-0.2, -0.15) is 0 Å². The maximum atomic E-state index is 11.4. The summed E-state index contributed by atoms with van der Waals surface area (Å²) in [5, 5.41) is 12.6. The van der Waals surface area contributed by atoms with E-state index in [2.05, 4.69) is 4.98 Å². The molecule has 4 aromatic rings. The number of hydrogen-bond donors (Lipinski definition) is 1. The zero-order valence-electron chi connectivity index (χ0n) is 13.0. The molecule has 0 saturated heterocycles. The second-order valence-corrected chi connectivity index (χ2v) is 5.52. The van der Waals surface area contributed by atoms with Crippen molar-refractivity contribution in [3.63, 3.8) is 0 Å². The number of para-hydroxylation sites is 2. The summed E-state index contributed by atoms with van der Waals surface area (Å²) < 4.78 is 5.91. The van der Waals surface area contributed by atoms with Gasteiger partial charge in [0.2, 0.25) is 0 Å². The highest BCUT2D eigenvalue weighted by Crippen LogP contribution is 2.40. The van der Waals surface area contributed by atoms with Gasteiger partial charge in [0.15, 0.2) is 5.52 Å². The summed E-state index contributed by atoms with van der Waals surface area (Å²) in [7, 11) is 0. The molecule has 0 bridgehead atoms. The van der Waals surface area contributed by atoms with Gasteiger partial charge in [-0.3, -0.25) is 10.1 Å². The summed E-state index contributed by atoms with van der Waals surface area (Å²) in [4.78, 5) is 15.4. The number of nitrogens with zero attached hydrogens (tertiary/aromatic N) is 2. The molecule has 0 amide bonds. The van der Waals surface area contributed by atoms with Gasteiger partial charge in [0.05, 0.1) is 21.5 Å². The Hall–Kier alpha value is -3.67. The molecule has 6 nitrogen and oxygen atoms in total. The SMILES string of the molecule is Nc1c2ccccc2nc2c([N+](=O)[O-])ccc(Oc3ccccc3)c12. The third kappa shape index (κ3) is 2.49. The standard InChI is InChI=1S/C19H13N3O3/c20-18-13-8-4-5-9-14(13)21-19-15(22(23)24)10-11-16(17(18)19)25-12-6-2-1-3-7-12/h1-11H,(H2,20,21). The number of pyridine rings is 1. The molecule has 0 aliphatic rings. The van der Waals surface area contributed by atoms with Crippen molar-refractivity contribution in [3.05, 3.63) is 76.8 Å². The fraction of sp³-hybridized carbons (Fsp3) is 0. The molecule has 0 fully saturated rings. The Morgan fingerprint density at radius 3 is 2.44 bits per heavy atom. The molecular weight excluding hydrogens is 318 g/mol. The van der Waals surface area contributed by atoms with Crippen LogP contribution < -0.4 is 10.5 Å². The van der Waals surface area contributed by atoms with Crippen LogP contribution in [0.15, 0.2) is 66.7 Å². The van der Waals surface area contributed by atoms with Gasteiger partial charge in [0.1, 0.15) is 11.5 Å². The first-order valence-electron chi connectivity index (χ1n) is 7.63. The van der Waals surface area contributed by atoms with Crippen molar-refractivity contribution in [2.24, 2.45) is 0 Å². The fourth-order valence-electron chi connectivity index (χ4n) is 2.84. The van der Waals surface area contributed by atoms with E-state index < -0.39 is 4.92 Å². The zero-order chi connectivity index (χ0) is 17.4. The first-order valence-corrected chi connectivity index (χ1v) is 7.63. The summed E-state index contributed by atoms with van der Waals surface area (Å²) in [5.74, 6) is 1.05. The Kier molecular flexibility index (Phi) is 3.43. The lowest BCUT2D eigenvalue weighted by atomic mass is 10.1. The molecule has 2 N–H and O–H groups in total. The molecule has 0 radical (unpaired) electrons. The lowest BCUT2D eigenvalue weighted by molar-refractivity contribution is -0.383. The Balaban J connectivity index is 2.05. The van der Waals surface area contributed by atoms with Crippen molar-refractivity contribution in [2.45, 2.75) is 0 Å². The van der Waals surface area contributed by atoms with Crippen molar-refractivity contribution in [2.75, 3.05) is 5.73 Å². The summed E-state index contributed by atoms with van der Waals surface area (Å²) in [6.45, 7) is 0. The predicted molar refractivity (Wildman–Crippen MR) is 96.8 cm³/mol. The molecule has 25 heavy (non-hydrogen) atoms. The molecular formula is C19H13N3O3. The highest BCUT2D eigenvalue weighted by atomic mass is 16.6. The minimum Gasteiger partial charge on any atom is -0.457 e. The smallest absolute Gasteiger partial charge is 0.295 e. The molecule has 0 atom stereocenters. The topological polar surface area (TPSA) is 91.3 Å². The lowest BCUT2D eigenvalue weighted by Crippen LogP contribution is -1.99. The van der Waals surface area contributed by atoms with Gasteiger partial charge in [-0.05, 0) is 24.3 Å². The van der Waals surface area contributed by atoms with E-state index in [1.165, 1.54) is 6.07 Å². The highest BCUT2D eigenvalue weighted by Gasteiger charge is 2.21. The number of nitro benzene ring substituents is 1. The number of non-ortho nitro benzene ring substituents is 1. The van der Waals surface area contributed by atoms with Crippen molar-refractivity contribution in [1.29, 1.82) is 0 Å². The first kappa shape index (κ1) is 14.9.